The second-order valence-corrected chi connectivity index (χ2v) is 11.4. The fourth-order valence-corrected chi connectivity index (χ4v) is 6.62. The van der Waals surface area contributed by atoms with Crippen molar-refractivity contribution in [3.8, 4) is 6.07 Å². The quantitative estimate of drug-likeness (QED) is 0.375. The fraction of sp³-hybridized carbons (Fsp3) is 0.222. The van der Waals surface area contributed by atoms with Gasteiger partial charge in [-0.05, 0) is 43.0 Å². The Balaban J connectivity index is 1.44. The first-order valence-corrected chi connectivity index (χ1v) is 14.1. The minimum absolute atomic E-state index is 0.0140. The molecule has 1 aliphatic heterocycles. The van der Waals surface area contributed by atoms with Gasteiger partial charge in [-0.1, -0.05) is 71.1 Å². The molecule has 5 rings (SSSR count). The Hall–Kier alpha value is -3.65. The molecule has 1 unspecified atom stereocenters. The molecule has 1 aliphatic carbocycles. The molecule has 1 aromatic heterocycles. The third kappa shape index (κ3) is 4.92. The zero-order valence-electron chi connectivity index (χ0n) is 20.4. The molecule has 1 atom stereocenters. The number of anilines is 2. The molecule has 0 radical (unpaired) electrons. The van der Waals surface area contributed by atoms with Crippen LogP contribution in [0.1, 0.15) is 36.3 Å². The molecule has 0 fully saturated rings. The number of nitrogens with zero attached hydrogens (tertiary/aromatic N) is 4. The number of ketones is 1. The van der Waals surface area contributed by atoms with Gasteiger partial charge >= 0.3 is 0 Å². The smallest absolute Gasteiger partial charge is 0.234 e. The molecule has 0 saturated heterocycles. The molecule has 0 spiro atoms. The van der Waals surface area contributed by atoms with E-state index in [-0.39, 0.29) is 23.3 Å². The molecular formula is C27H23ClN6O2S2. The number of carbonyl (C=O) groups excluding carboxylic acids is 2. The van der Waals surface area contributed by atoms with E-state index in [0.29, 0.717) is 50.6 Å². The topological polar surface area (TPSA) is 125 Å². The fourth-order valence-electron chi connectivity index (χ4n) is 4.75. The van der Waals surface area contributed by atoms with Gasteiger partial charge in [-0.2, -0.15) is 5.26 Å². The number of nitrogens with one attached hydrogen (secondary N) is 1. The highest BCUT2D eigenvalue weighted by Crippen LogP contribution is 2.47. The summed E-state index contributed by atoms with van der Waals surface area (Å²) in [5.74, 6) is -0.377. The molecular weight excluding hydrogens is 540 g/mol. The SMILES string of the molecule is Cc1ccccc1C1C(C#N)=C(N)N(c2nnc(SCC(=O)Nc3ccccc3Cl)s2)C2=C1C(=O)CCC2. The molecule has 1 amide bonds. The monoisotopic (exact) mass is 562 g/mol. The van der Waals surface area contributed by atoms with Crippen molar-refractivity contribution in [3.63, 3.8) is 0 Å². The minimum atomic E-state index is -0.518. The van der Waals surface area contributed by atoms with E-state index in [1.807, 2.05) is 31.2 Å². The van der Waals surface area contributed by atoms with Gasteiger partial charge in [0.05, 0.1) is 34.0 Å². The standard InChI is InChI=1S/C27H23ClN6O2S2/c1-15-7-2-3-8-16(15)23-17(13-29)25(30)34(20-11-6-12-21(35)24(20)23)26-32-33-27(38-26)37-14-22(36)31-19-10-5-4-9-18(19)28/h2-5,7-10,23H,6,11-12,14,30H2,1H3,(H,31,36). The maximum atomic E-state index is 13.3. The zero-order chi connectivity index (χ0) is 26.8. The van der Waals surface area contributed by atoms with E-state index in [1.54, 1.807) is 29.2 Å². The number of nitrogens with two attached hydrogens (primary N) is 1. The van der Waals surface area contributed by atoms with Crippen molar-refractivity contribution in [2.75, 3.05) is 16.0 Å². The molecule has 3 N–H and O–H groups in total. The van der Waals surface area contributed by atoms with Crippen LogP contribution >= 0.6 is 34.7 Å². The highest BCUT2D eigenvalue weighted by molar-refractivity contribution is 8.01. The summed E-state index contributed by atoms with van der Waals surface area (Å²) < 4.78 is 0.561. The van der Waals surface area contributed by atoms with Crippen LogP contribution in [0.4, 0.5) is 10.8 Å². The Kier molecular flexibility index (Phi) is 7.51. The highest BCUT2D eigenvalue weighted by Gasteiger charge is 2.41. The molecule has 38 heavy (non-hydrogen) atoms. The zero-order valence-corrected chi connectivity index (χ0v) is 22.8. The minimum Gasteiger partial charge on any atom is -0.384 e. The van der Waals surface area contributed by atoms with Crippen molar-refractivity contribution >= 4 is 57.2 Å². The van der Waals surface area contributed by atoms with Crippen LogP contribution in [0.25, 0.3) is 0 Å². The third-order valence-corrected chi connectivity index (χ3v) is 8.85. The number of carbonyl (C=O) groups is 2. The van der Waals surface area contributed by atoms with E-state index in [0.717, 1.165) is 16.8 Å². The second kappa shape index (κ2) is 11.0. The lowest BCUT2D eigenvalue weighted by molar-refractivity contribution is -0.116. The van der Waals surface area contributed by atoms with Gasteiger partial charge in [-0.15, -0.1) is 10.2 Å². The predicted octanol–water partition coefficient (Wildman–Crippen LogP) is 5.54. The molecule has 3 aromatic rings. The van der Waals surface area contributed by atoms with Gasteiger partial charge in [0.1, 0.15) is 5.82 Å². The number of Topliss-reactive ketones (excluding diaryl/α,β-unsaturated/α-hetero) is 1. The predicted molar refractivity (Wildman–Crippen MR) is 150 cm³/mol. The summed E-state index contributed by atoms with van der Waals surface area (Å²) in [6.07, 6.45) is 1.74. The molecule has 11 heteroatoms. The van der Waals surface area contributed by atoms with Gasteiger partial charge in [0.25, 0.3) is 0 Å². The number of rotatable bonds is 6. The lowest BCUT2D eigenvalue weighted by Gasteiger charge is -2.38. The summed E-state index contributed by atoms with van der Waals surface area (Å²) in [6.45, 7) is 1.97. The first-order chi connectivity index (χ1) is 18.4. The summed E-state index contributed by atoms with van der Waals surface area (Å²) in [6, 6.07) is 17.0. The summed E-state index contributed by atoms with van der Waals surface area (Å²) in [5, 5.41) is 22.4. The van der Waals surface area contributed by atoms with E-state index in [2.05, 4.69) is 21.6 Å². The number of benzene rings is 2. The van der Waals surface area contributed by atoms with Crippen LogP contribution in [-0.2, 0) is 9.59 Å². The number of nitriles is 1. The summed E-state index contributed by atoms with van der Waals surface area (Å²) >= 11 is 8.61. The van der Waals surface area contributed by atoms with Gasteiger partial charge in [0.15, 0.2) is 10.1 Å². The summed E-state index contributed by atoms with van der Waals surface area (Å²) in [5.41, 5.74) is 10.7. The summed E-state index contributed by atoms with van der Waals surface area (Å²) in [7, 11) is 0. The Morgan fingerprint density at radius 2 is 2.00 bits per heavy atom. The third-order valence-electron chi connectivity index (χ3n) is 6.47. The number of aromatic nitrogens is 2. The Labute approximate surface area is 233 Å². The van der Waals surface area contributed by atoms with Crippen molar-refractivity contribution in [2.24, 2.45) is 5.73 Å². The number of aryl methyl sites for hydroxylation is 1. The van der Waals surface area contributed by atoms with Crippen molar-refractivity contribution in [1.29, 1.82) is 5.26 Å². The lowest BCUT2D eigenvalue weighted by Crippen LogP contribution is -2.38. The van der Waals surface area contributed by atoms with Crippen LogP contribution in [0.5, 0.6) is 0 Å². The molecule has 2 aliphatic rings. The Bertz CT molecular complexity index is 1540. The maximum absolute atomic E-state index is 13.3. The van der Waals surface area contributed by atoms with Crippen LogP contribution in [0.3, 0.4) is 0 Å². The van der Waals surface area contributed by atoms with Crippen molar-refractivity contribution in [2.45, 2.75) is 36.4 Å². The number of amides is 1. The average molecular weight is 563 g/mol. The average Bonchev–Trinajstić information content (AvgIpc) is 3.37. The van der Waals surface area contributed by atoms with Crippen molar-refractivity contribution in [1.82, 2.24) is 10.2 Å². The molecule has 2 aromatic carbocycles. The molecule has 0 saturated carbocycles. The Morgan fingerprint density at radius 1 is 1.24 bits per heavy atom. The number of thioether (sulfide) groups is 1. The maximum Gasteiger partial charge on any atom is 0.234 e. The lowest BCUT2D eigenvalue weighted by atomic mass is 9.75. The van der Waals surface area contributed by atoms with E-state index in [4.69, 9.17) is 17.3 Å². The van der Waals surface area contributed by atoms with Crippen molar-refractivity contribution in [3.05, 3.63) is 87.3 Å². The Morgan fingerprint density at radius 3 is 2.76 bits per heavy atom. The van der Waals surface area contributed by atoms with Crippen LogP contribution in [0.15, 0.2) is 75.5 Å². The first kappa shape index (κ1) is 26.0. The summed E-state index contributed by atoms with van der Waals surface area (Å²) in [4.78, 5) is 27.4. The number of allylic oxidation sites excluding steroid dienone is 3. The van der Waals surface area contributed by atoms with E-state index < -0.39 is 5.92 Å². The largest absolute Gasteiger partial charge is 0.384 e. The number of hydrogen-bond donors (Lipinski definition) is 2. The number of hydrogen-bond acceptors (Lipinski definition) is 9. The first-order valence-electron chi connectivity index (χ1n) is 11.9. The highest BCUT2D eigenvalue weighted by atomic mass is 35.5. The normalized spacial score (nSPS) is 17.3. The van der Waals surface area contributed by atoms with Crippen LogP contribution < -0.4 is 16.0 Å². The van der Waals surface area contributed by atoms with Crippen LogP contribution in [0.2, 0.25) is 5.02 Å². The number of halogens is 1. The molecule has 0 bridgehead atoms. The van der Waals surface area contributed by atoms with E-state index >= 15 is 0 Å². The van der Waals surface area contributed by atoms with E-state index in [9.17, 15) is 14.9 Å². The second-order valence-electron chi connectivity index (χ2n) is 8.84. The van der Waals surface area contributed by atoms with Crippen LogP contribution in [0, 0.1) is 18.3 Å². The van der Waals surface area contributed by atoms with Crippen molar-refractivity contribution < 1.29 is 9.59 Å². The van der Waals surface area contributed by atoms with Gasteiger partial charge in [0.2, 0.25) is 11.0 Å². The van der Waals surface area contributed by atoms with Gasteiger partial charge in [-0.3, -0.25) is 14.5 Å². The van der Waals surface area contributed by atoms with Crippen LogP contribution in [-0.4, -0.2) is 27.6 Å². The van der Waals surface area contributed by atoms with E-state index in [1.165, 1.54) is 23.1 Å². The number of para-hydroxylation sites is 1. The van der Waals surface area contributed by atoms with Gasteiger partial charge in [-0.25, -0.2) is 0 Å². The van der Waals surface area contributed by atoms with Gasteiger partial charge in [0, 0.05) is 17.7 Å². The molecule has 8 nitrogen and oxygen atoms in total. The molecule has 192 valence electrons. The van der Waals surface area contributed by atoms with Gasteiger partial charge < -0.3 is 11.1 Å². The molecule has 2 heterocycles.